The van der Waals surface area contributed by atoms with Crippen molar-refractivity contribution in [3.8, 4) is 0 Å². The molecule has 1 unspecified atom stereocenters. The number of carboxylic acids is 1. The fourth-order valence-electron chi connectivity index (χ4n) is 0.837. The lowest BCUT2D eigenvalue weighted by Crippen LogP contribution is -2.36. The van der Waals surface area contributed by atoms with Crippen LogP contribution in [0.5, 0.6) is 0 Å². The van der Waals surface area contributed by atoms with E-state index in [1.165, 1.54) is 14.0 Å². The third-order valence-corrected chi connectivity index (χ3v) is 1.87. The zero-order chi connectivity index (χ0) is 10.5. The maximum absolute atomic E-state index is 11.1. The number of carbonyl (C=O) groups excluding carboxylic acids is 1. The zero-order valence-corrected chi connectivity index (χ0v) is 8.03. The molecule has 0 radical (unpaired) electrons. The van der Waals surface area contributed by atoms with Gasteiger partial charge in [-0.25, -0.2) is 0 Å². The van der Waals surface area contributed by atoms with Crippen LogP contribution < -0.4 is 0 Å². The summed E-state index contributed by atoms with van der Waals surface area (Å²) in [6.07, 6.45) is 3.47. The highest BCUT2D eigenvalue weighted by Gasteiger charge is 2.41. The molecule has 0 rings (SSSR count). The van der Waals surface area contributed by atoms with Gasteiger partial charge in [0.2, 0.25) is 0 Å². The van der Waals surface area contributed by atoms with Gasteiger partial charge in [0, 0.05) is 0 Å². The first-order valence-electron chi connectivity index (χ1n) is 3.92. The third kappa shape index (κ3) is 2.57. The number of methoxy groups -OCH3 is 1. The van der Waals surface area contributed by atoms with Gasteiger partial charge in [0.15, 0.2) is 5.41 Å². The highest BCUT2D eigenvalue weighted by molar-refractivity contribution is 5.98. The van der Waals surface area contributed by atoms with E-state index in [9.17, 15) is 9.59 Å². The molecule has 0 aliphatic rings. The van der Waals surface area contributed by atoms with Crippen molar-refractivity contribution in [2.45, 2.75) is 20.3 Å². The van der Waals surface area contributed by atoms with E-state index in [0.29, 0.717) is 0 Å². The molecule has 1 atom stereocenters. The summed E-state index contributed by atoms with van der Waals surface area (Å²) in [5.74, 6) is -1.89. The van der Waals surface area contributed by atoms with Gasteiger partial charge in [-0.3, -0.25) is 9.59 Å². The summed E-state index contributed by atoms with van der Waals surface area (Å²) < 4.78 is 4.42. The van der Waals surface area contributed by atoms with Crippen LogP contribution in [0.4, 0.5) is 0 Å². The number of allylic oxidation sites excluding steroid dienone is 2. The number of hydrogen-bond acceptors (Lipinski definition) is 3. The lowest BCUT2D eigenvalue weighted by molar-refractivity contribution is -0.165. The molecule has 0 aliphatic heterocycles. The van der Waals surface area contributed by atoms with Crippen molar-refractivity contribution >= 4 is 11.9 Å². The third-order valence-electron chi connectivity index (χ3n) is 1.87. The summed E-state index contributed by atoms with van der Waals surface area (Å²) in [6.45, 7) is 3.11. The number of aliphatic carboxylic acids is 1. The minimum atomic E-state index is -1.47. The summed E-state index contributed by atoms with van der Waals surface area (Å²) in [5, 5.41) is 8.83. The van der Waals surface area contributed by atoms with Crippen molar-refractivity contribution < 1.29 is 19.4 Å². The number of carboxylic acid groups (broad SMARTS) is 1. The molecule has 0 saturated heterocycles. The summed E-state index contributed by atoms with van der Waals surface area (Å²) in [4.78, 5) is 21.9. The Labute approximate surface area is 77.2 Å². The van der Waals surface area contributed by atoms with Gasteiger partial charge in [0.25, 0.3) is 0 Å². The number of hydrogen-bond donors (Lipinski definition) is 1. The van der Waals surface area contributed by atoms with Gasteiger partial charge in [-0.1, -0.05) is 12.2 Å². The monoisotopic (exact) mass is 186 g/mol. The van der Waals surface area contributed by atoms with Crippen LogP contribution in [-0.2, 0) is 14.3 Å². The minimum absolute atomic E-state index is 0.144. The van der Waals surface area contributed by atoms with E-state index in [1.54, 1.807) is 19.1 Å². The van der Waals surface area contributed by atoms with Crippen molar-refractivity contribution in [1.29, 1.82) is 0 Å². The van der Waals surface area contributed by atoms with Crippen LogP contribution in [0, 0.1) is 5.41 Å². The molecule has 74 valence electrons. The minimum Gasteiger partial charge on any atom is -0.480 e. The smallest absolute Gasteiger partial charge is 0.323 e. The van der Waals surface area contributed by atoms with Crippen LogP contribution in [-0.4, -0.2) is 24.2 Å². The molecule has 0 aromatic rings. The van der Waals surface area contributed by atoms with E-state index in [1.807, 2.05) is 0 Å². The highest BCUT2D eigenvalue weighted by atomic mass is 16.5. The molecule has 13 heavy (non-hydrogen) atoms. The predicted molar refractivity (Wildman–Crippen MR) is 47.2 cm³/mol. The second-order valence-corrected chi connectivity index (χ2v) is 2.90. The van der Waals surface area contributed by atoms with Gasteiger partial charge >= 0.3 is 11.9 Å². The van der Waals surface area contributed by atoms with Crippen LogP contribution >= 0.6 is 0 Å². The van der Waals surface area contributed by atoms with Gasteiger partial charge in [0.05, 0.1) is 7.11 Å². The number of carbonyl (C=O) groups is 2. The Morgan fingerprint density at radius 1 is 1.54 bits per heavy atom. The van der Waals surface area contributed by atoms with E-state index in [4.69, 9.17) is 5.11 Å². The normalized spacial score (nSPS) is 15.3. The first-order chi connectivity index (χ1) is 5.99. The van der Waals surface area contributed by atoms with Gasteiger partial charge in [-0.05, 0) is 20.3 Å². The number of ether oxygens (including phenoxy) is 1. The van der Waals surface area contributed by atoms with E-state index in [0.717, 1.165) is 0 Å². The molecule has 0 amide bonds. The zero-order valence-electron chi connectivity index (χ0n) is 8.03. The Morgan fingerprint density at radius 3 is 2.38 bits per heavy atom. The standard InChI is InChI=1S/C9H14O4/c1-4-5-6-9(2,7(10)11)8(12)13-3/h4-5H,6H2,1-3H3,(H,10,11)/b5-4+. The lowest BCUT2D eigenvalue weighted by atomic mass is 9.87. The molecule has 4 heteroatoms. The molecule has 1 N–H and O–H groups in total. The Balaban J connectivity index is 4.72. The lowest BCUT2D eigenvalue weighted by Gasteiger charge is -2.19. The van der Waals surface area contributed by atoms with Gasteiger partial charge < -0.3 is 9.84 Å². The summed E-state index contributed by atoms with van der Waals surface area (Å²) in [5.41, 5.74) is -1.47. The molecule has 0 aromatic carbocycles. The molecule has 4 nitrogen and oxygen atoms in total. The Morgan fingerprint density at radius 2 is 2.08 bits per heavy atom. The summed E-state index contributed by atoms with van der Waals surface area (Å²) in [6, 6.07) is 0. The quantitative estimate of drug-likeness (QED) is 0.407. The molecule has 0 saturated carbocycles. The van der Waals surface area contributed by atoms with Crippen LogP contribution in [0.25, 0.3) is 0 Å². The molecule has 0 heterocycles. The fourth-order valence-corrected chi connectivity index (χ4v) is 0.837. The molecular weight excluding hydrogens is 172 g/mol. The first kappa shape index (κ1) is 11.7. The maximum atomic E-state index is 11.1. The summed E-state index contributed by atoms with van der Waals surface area (Å²) >= 11 is 0. The topological polar surface area (TPSA) is 63.6 Å². The van der Waals surface area contributed by atoms with Gasteiger partial charge in [-0.2, -0.15) is 0 Å². The molecule has 0 fully saturated rings. The molecular formula is C9H14O4. The SMILES string of the molecule is C/C=C/CC(C)(C(=O)O)C(=O)OC. The average molecular weight is 186 g/mol. The fraction of sp³-hybridized carbons (Fsp3) is 0.556. The number of esters is 1. The predicted octanol–water partition coefficient (Wildman–Crippen LogP) is 1.22. The van der Waals surface area contributed by atoms with Crippen LogP contribution in [0.15, 0.2) is 12.2 Å². The Bertz CT molecular complexity index is 232. The Kier molecular flexibility index (Phi) is 4.17. The van der Waals surface area contributed by atoms with Crippen LogP contribution in [0.2, 0.25) is 0 Å². The van der Waals surface area contributed by atoms with Gasteiger partial charge in [0.1, 0.15) is 0 Å². The highest BCUT2D eigenvalue weighted by Crippen LogP contribution is 2.24. The number of rotatable bonds is 4. The molecule has 0 aliphatic carbocycles. The molecule has 0 spiro atoms. The van der Waals surface area contributed by atoms with E-state index in [-0.39, 0.29) is 6.42 Å². The molecule has 0 bridgehead atoms. The molecule has 0 aromatic heterocycles. The Hall–Kier alpha value is -1.32. The largest absolute Gasteiger partial charge is 0.480 e. The van der Waals surface area contributed by atoms with E-state index in [2.05, 4.69) is 4.74 Å². The van der Waals surface area contributed by atoms with Crippen molar-refractivity contribution in [2.24, 2.45) is 5.41 Å². The maximum Gasteiger partial charge on any atom is 0.323 e. The van der Waals surface area contributed by atoms with E-state index >= 15 is 0 Å². The van der Waals surface area contributed by atoms with Crippen molar-refractivity contribution in [2.75, 3.05) is 7.11 Å². The second kappa shape index (κ2) is 4.64. The van der Waals surface area contributed by atoms with Crippen LogP contribution in [0.3, 0.4) is 0 Å². The average Bonchev–Trinajstić information content (AvgIpc) is 2.12. The van der Waals surface area contributed by atoms with E-state index < -0.39 is 17.4 Å². The first-order valence-corrected chi connectivity index (χ1v) is 3.92. The summed E-state index contributed by atoms with van der Waals surface area (Å²) in [7, 11) is 1.18. The van der Waals surface area contributed by atoms with Crippen molar-refractivity contribution in [1.82, 2.24) is 0 Å². The second-order valence-electron chi connectivity index (χ2n) is 2.90. The van der Waals surface area contributed by atoms with Crippen LogP contribution in [0.1, 0.15) is 20.3 Å². The van der Waals surface area contributed by atoms with Crippen molar-refractivity contribution in [3.63, 3.8) is 0 Å². The van der Waals surface area contributed by atoms with Gasteiger partial charge in [-0.15, -0.1) is 0 Å². The van der Waals surface area contributed by atoms with Crippen molar-refractivity contribution in [3.05, 3.63) is 12.2 Å².